The van der Waals surface area contributed by atoms with E-state index < -0.39 is 0 Å². The second-order valence-electron chi connectivity index (χ2n) is 4.17. The van der Waals surface area contributed by atoms with Gasteiger partial charge in [0, 0.05) is 17.4 Å². The molecular formula is C14H15N3S. The minimum Gasteiger partial charge on any atom is -0.398 e. The average Bonchev–Trinajstić information content (AvgIpc) is 2.87. The molecule has 0 bridgehead atoms. The maximum Gasteiger partial charge on any atom is 0.0670 e. The fraction of sp³-hybridized carbons (Fsp3) is 0.214. The van der Waals surface area contributed by atoms with E-state index in [2.05, 4.69) is 35.1 Å². The van der Waals surface area contributed by atoms with Crippen LogP contribution in [0.4, 0.5) is 11.4 Å². The Kier molecular flexibility index (Phi) is 3.85. The molecule has 0 aliphatic rings. The Morgan fingerprint density at radius 2 is 2.28 bits per heavy atom. The zero-order valence-electron chi connectivity index (χ0n) is 10.2. The molecule has 2 aromatic rings. The first-order valence-corrected chi connectivity index (χ1v) is 6.69. The second kappa shape index (κ2) is 5.56. The average molecular weight is 257 g/mol. The number of rotatable bonds is 4. The van der Waals surface area contributed by atoms with Crippen molar-refractivity contribution in [2.45, 2.75) is 19.4 Å². The molecular weight excluding hydrogens is 242 g/mol. The Balaban J connectivity index is 2.15. The van der Waals surface area contributed by atoms with Crippen LogP contribution in [0.2, 0.25) is 0 Å². The molecule has 0 aliphatic carbocycles. The van der Waals surface area contributed by atoms with E-state index in [1.165, 1.54) is 5.56 Å². The summed E-state index contributed by atoms with van der Waals surface area (Å²) in [7, 11) is 0. The van der Waals surface area contributed by atoms with Crippen molar-refractivity contribution >= 4 is 22.7 Å². The van der Waals surface area contributed by atoms with Crippen molar-refractivity contribution in [3.8, 4) is 6.07 Å². The van der Waals surface area contributed by atoms with Crippen LogP contribution < -0.4 is 11.1 Å². The SMILES string of the molecule is CC(Nc1ccc(N)c(CC#N)c1)c1ccsc1. The van der Waals surface area contributed by atoms with E-state index in [4.69, 9.17) is 11.0 Å². The molecule has 3 nitrogen and oxygen atoms in total. The highest BCUT2D eigenvalue weighted by Crippen LogP contribution is 2.24. The molecule has 1 unspecified atom stereocenters. The molecule has 0 saturated heterocycles. The first-order valence-electron chi connectivity index (χ1n) is 5.74. The summed E-state index contributed by atoms with van der Waals surface area (Å²) >= 11 is 1.69. The molecule has 3 N–H and O–H groups in total. The standard InChI is InChI=1S/C14H15N3S/c1-10(12-5-7-18-9-12)17-13-2-3-14(16)11(8-13)4-6-15/h2-3,5,7-10,17H,4,16H2,1H3. The highest BCUT2D eigenvalue weighted by molar-refractivity contribution is 7.07. The molecule has 0 aliphatic heterocycles. The third-order valence-corrected chi connectivity index (χ3v) is 3.54. The number of hydrogen-bond acceptors (Lipinski definition) is 4. The van der Waals surface area contributed by atoms with Crippen LogP contribution in [0, 0.1) is 11.3 Å². The molecule has 1 aromatic heterocycles. The Hall–Kier alpha value is -1.99. The number of thiophene rings is 1. The summed E-state index contributed by atoms with van der Waals surface area (Å²) in [5.74, 6) is 0. The first-order chi connectivity index (χ1) is 8.70. The van der Waals surface area contributed by atoms with Crippen molar-refractivity contribution < 1.29 is 0 Å². The topological polar surface area (TPSA) is 61.8 Å². The zero-order valence-corrected chi connectivity index (χ0v) is 11.0. The summed E-state index contributed by atoms with van der Waals surface area (Å²) in [6.45, 7) is 2.11. The van der Waals surface area contributed by atoms with Crippen LogP contribution in [0.5, 0.6) is 0 Å². The summed E-state index contributed by atoms with van der Waals surface area (Å²) < 4.78 is 0. The summed E-state index contributed by atoms with van der Waals surface area (Å²) in [5, 5.41) is 16.4. The number of benzene rings is 1. The van der Waals surface area contributed by atoms with Gasteiger partial charge in [0.15, 0.2) is 0 Å². The monoisotopic (exact) mass is 257 g/mol. The highest BCUT2D eigenvalue weighted by atomic mass is 32.1. The van der Waals surface area contributed by atoms with Crippen molar-refractivity contribution in [3.05, 3.63) is 46.2 Å². The number of nitriles is 1. The summed E-state index contributed by atoms with van der Waals surface area (Å²) in [4.78, 5) is 0. The molecule has 1 aromatic carbocycles. The maximum absolute atomic E-state index is 8.74. The lowest BCUT2D eigenvalue weighted by atomic mass is 10.1. The van der Waals surface area contributed by atoms with Crippen LogP contribution in [0.1, 0.15) is 24.1 Å². The third kappa shape index (κ3) is 2.82. The maximum atomic E-state index is 8.74. The Morgan fingerprint density at radius 3 is 2.94 bits per heavy atom. The van der Waals surface area contributed by atoms with Gasteiger partial charge in [-0.15, -0.1) is 0 Å². The minimum absolute atomic E-state index is 0.245. The summed E-state index contributed by atoms with van der Waals surface area (Å²) in [5.41, 5.74) is 9.63. The smallest absolute Gasteiger partial charge is 0.0670 e. The van der Waals surface area contributed by atoms with E-state index in [1.54, 1.807) is 11.3 Å². The van der Waals surface area contributed by atoms with Gasteiger partial charge in [-0.2, -0.15) is 16.6 Å². The van der Waals surface area contributed by atoms with Crippen molar-refractivity contribution in [2.24, 2.45) is 0 Å². The van der Waals surface area contributed by atoms with E-state index in [0.29, 0.717) is 12.1 Å². The van der Waals surface area contributed by atoms with Crippen LogP contribution in [0.3, 0.4) is 0 Å². The molecule has 2 rings (SSSR count). The van der Waals surface area contributed by atoms with Gasteiger partial charge in [0.25, 0.3) is 0 Å². The van der Waals surface area contributed by atoms with Crippen LogP contribution >= 0.6 is 11.3 Å². The molecule has 4 heteroatoms. The number of nitrogens with two attached hydrogens (primary N) is 1. The van der Waals surface area contributed by atoms with Crippen molar-refractivity contribution in [2.75, 3.05) is 11.1 Å². The summed E-state index contributed by atoms with van der Waals surface area (Å²) in [6.07, 6.45) is 0.341. The van der Waals surface area contributed by atoms with Crippen molar-refractivity contribution in [3.63, 3.8) is 0 Å². The van der Waals surface area contributed by atoms with Gasteiger partial charge in [-0.3, -0.25) is 0 Å². The third-order valence-electron chi connectivity index (χ3n) is 2.84. The lowest BCUT2D eigenvalue weighted by Crippen LogP contribution is -2.06. The Morgan fingerprint density at radius 1 is 1.44 bits per heavy atom. The summed E-state index contributed by atoms with van der Waals surface area (Å²) in [6, 6.07) is 10.2. The van der Waals surface area contributed by atoms with Gasteiger partial charge < -0.3 is 11.1 Å². The molecule has 0 spiro atoms. The van der Waals surface area contributed by atoms with Gasteiger partial charge in [-0.1, -0.05) is 0 Å². The lowest BCUT2D eigenvalue weighted by molar-refractivity contribution is 0.890. The van der Waals surface area contributed by atoms with Gasteiger partial charge in [-0.05, 0) is 53.1 Å². The largest absolute Gasteiger partial charge is 0.398 e. The van der Waals surface area contributed by atoms with Crippen molar-refractivity contribution in [1.82, 2.24) is 0 Å². The first kappa shape index (κ1) is 12.5. The molecule has 1 atom stereocenters. The molecule has 0 amide bonds. The second-order valence-corrected chi connectivity index (χ2v) is 4.95. The lowest BCUT2D eigenvalue weighted by Gasteiger charge is -2.15. The normalized spacial score (nSPS) is 11.8. The van der Waals surface area contributed by atoms with E-state index in [-0.39, 0.29) is 6.04 Å². The number of nitrogens with one attached hydrogen (secondary N) is 1. The van der Waals surface area contributed by atoms with Gasteiger partial charge >= 0.3 is 0 Å². The number of hydrogen-bond donors (Lipinski definition) is 2. The zero-order chi connectivity index (χ0) is 13.0. The predicted octanol–water partition coefficient (Wildman–Crippen LogP) is 3.57. The van der Waals surface area contributed by atoms with E-state index in [1.807, 2.05) is 18.2 Å². The van der Waals surface area contributed by atoms with Crippen LogP contribution in [-0.2, 0) is 6.42 Å². The molecule has 0 radical (unpaired) electrons. The Labute approximate surface area is 111 Å². The van der Waals surface area contributed by atoms with Gasteiger partial charge in [0.1, 0.15) is 0 Å². The molecule has 18 heavy (non-hydrogen) atoms. The Bertz CT molecular complexity index is 555. The van der Waals surface area contributed by atoms with Crippen LogP contribution in [0.15, 0.2) is 35.0 Å². The van der Waals surface area contributed by atoms with E-state index in [0.717, 1.165) is 11.3 Å². The molecule has 92 valence electrons. The van der Waals surface area contributed by atoms with E-state index >= 15 is 0 Å². The van der Waals surface area contributed by atoms with Crippen molar-refractivity contribution in [1.29, 1.82) is 5.26 Å². The highest BCUT2D eigenvalue weighted by Gasteiger charge is 2.07. The van der Waals surface area contributed by atoms with Crippen LogP contribution in [0.25, 0.3) is 0 Å². The van der Waals surface area contributed by atoms with Gasteiger partial charge in [0.05, 0.1) is 12.5 Å². The number of nitrogens with zero attached hydrogens (tertiary/aromatic N) is 1. The van der Waals surface area contributed by atoms with Gasteiger partial charge in [-0.25, -0.2) is 0 Å². The number of nitrogen functional groups attached to an aromatic ring is 1. The fourth-order valence-electron chi connectivity index (χ4n) is 1.79. The minimum atomic E-state index is 0.245. The number of anilines is 2. The predicted molar refractivity (Wildman–Crippen MR) is 76.5 cm³/mol. The quantitative estimate of drug-likeness (QED) is 0.823. The molecule has 0 fully saturated rings. The van der Waals surface area contributed by atoms with Gasteiger partial charge in [0.2, 0.25) is 0 Å². The molecule has 1 heterocycles. The van der Waals surface area contributed by atoms with E-state index in [9.17, 15) is 0 Å². The fourth-order valence-corrected chi connectivity index (χ4v) is 2.54. The van der Waals surface area contributed by atoms with Crippen LogP contribution in [-0.4, -0.2) is 0 Å². The molecule has 0 saturated carbocycles.